The molecular weight excluding hydrogens is 176 g/mol. The maximum Gasteiger partial charge on any atom is 0.235 e. The van der Waals surface area contributed by atoms with Crippen LogP contribution in [0.1, 0.15) is 20.3 Å². The SMILES string of the molecule is CC.O=C1CCNN1.c1ccccc1. The molecule has 0 saturated carbocycles. The average Bonchev–Trinajstić information content (AvgIpc) is 2.76. The zero-order valence-corrected chi connectivity index (χ0v) is 8.79. The van der Waals surface area contributed by atoms with Gasteiger partial charge in [-0.1, -0.05) is 50.2 Å². The number of benzene rings is 1. The molecule has 78 valence electrons. The van der Waals surface area contributed by atoms with E-state index in [4.69, 9.17) is 0 Å². The van der Waals surface area contributed by atoms with Gasteiger partial charge in [-0.05, 0) is 0 Å². The van der Waals surface area contributed by atoms with Crippen LogP contribution in [0.15, 0.2) is 36.4 Å². The van der Waals surface area contributed by atoms with E-state index in [0.717, 1.165) is 6.54 Å². The maximum atomic E-state index is 10.1. The van der Waals surface area contributed by atoms with Crippen molar-refractivity contribution in [2.45, 2.75) is 20.3 Å². The van der Waals surface area contributed by atoms with E-state index < -0.39 is 0 Å². The van der Waals surface area contributed by atoms with E-state index in [2.05, 4.69) is 10.9 Å². The van der Waals surface area contributed by atoms with Gasteiger partial charge < -0.3 is 0 Å². The van der Waals surface area contributed by atoms with E-state index in [9.17, 15) is 4.79 Å². The first-order chi connectivity index (χ1) is 6.89. The number of hydrogen-bond donors (Lipinski definition) is 2. The molecule has 14 heavy (non-hydrogen) atoms. The fourth-order valence-corrected chi connectivity index (χ4v) is 0.785. The fraction of sp³-hybridized carbons (Fsp3) is 0.364. The van der Waals surface area contributed by atoms with Gasteiger partial charge in [-0.25, -0.2) is 5.43 Å². The van der Waals surface area contributed by atoms with Crippen LogP contribution in [-0.2, 0) is 4.79 Å². The minimum Gasteiger partial charge on any atom is -0.292 e. The van der Waals surface area contributed by atoms with Gasteiger partial charge in [-0.15, -0.1) is 0 Å². The second-order valence-electron chi connectivity index (χ2n) is 2.38. The second kappa shape index (κ2) is 9.74. The molecule has 1 aliphatic rings. The van der Waals surface area contributed by atoms with Crippen molar-refractivity contribution >= 4 is 5.91 Å². The number of carbonyl (C=O) groups is 1. The molecule has 1 saturated heterocycles. The summed E-state index contributed by atoms with van der Waals surface area (Å²) < 4.78 is 0. The number of hydrogen-bond acceptors (Lipinski definition) is 2. The number of carbonyl (C=O) groups excluding carboxylic acids is 1. The number of amides is 1. The van der Waals surface area contributed by atoms with Crippen molar-refractivity contribution in [3.05, 3.63) is 36.4 Å². The third kappa shape index (κ3) is 7.31. The van der Waals surface area contributed by atoms with Gasteiger partial charge in [0.2, 0.25) is 5.91 Å². The fourth-order valence-electron chi connectivity index (χ4n) is 0.785. The standard InChI is InChI=1S/C6H6.C3H6N2O.C2H6/c1-2-4-6-5-3-1;6-3-1-2-4-5-3;1-2/h1-6H;4H,1-2H2,(H,5,6);1-2H3. The molecule has 1 aromatic rings. The third-order valence-corrected chi connectivity index (χ3v) is 1.37. The summed E-state index contributed by atoms with van der Waals surface area (Å²) in [5, 5.41) is 0. The molecule has 0 unspecified atom stereocenters. The monoisotopic (exact) mass is 194 g/mol. The molecule has 1 amide bonds. The Kier molecular flexibility index (Phi) is 8.80. The average molecular weight is 194 g/mol. The summed E-state index contributed by atoms with van der Waals surface area (Å²) in [6, 6.07) is 12.0. The van der Waals surface area contributed by atoms with Crippen LogP contribution in [0, 0.1) is 0 Å². The Balaban J connectivity index is 0.000000206. The van der Waals surface area contributed by atoms with Gasteiger partial charge in [-0.2, -0.15) is 0 Å². The quantitative estimate of drug-likeness (QED) is 0.660. The summed E-state index contributed by atoms with van der Waals surface area (Å²) in [6.45, 7) is 4.78. The molecule has 1 fully saturated rings. The van der Waals surface area contributed by atoms with Crippen molar-refractivity contribution in [2.24, 2.45) is 0 Å². The molecule has 1 aromatic carbocycles. The lowest BCUT2D eigenvalue weighted by molar-refractivity contribution is -0.119. The van der Waals surface area contributed by atoms with Crippen LogP contribution in [0.25, 0.3) is 0 Å². The Morgan fingerprint density at radius 1 is 1.00 bits per heavy atom. The van der Waals surface area contributed by atoms with Gasteiger partial charge in [0.05, 0.1) is 0 Å². The van der Waals surface area contributed by atoms with E-state index in [1.165, 1.54) is 0 Å². The van der Waals surface area contributed by atoms with Gasteiger partial charge in [0.25, 0.3) is 0 Å². The van der Waals surface area contributed by atoms with Gasteiger partial charge in [0.15, 0.2) is 0 Å². The first kappa shape index (κ1) is 12.7. The van der Waals surface area contributed by atoms with Crippen LogP contribution in [0.4, 0.5) is 0 Å². The van der Waals surface area contributed by atoms with Gasteiger partial charge in [-0.3, -0.25) is 10.2 Å². The summed E-state index contributed by atoms with van der Waals surface area (Å²) in [6.07, 6.45) is 0.625. The number of rotatable bonds is 0. The van der Waals surface area contributed by atoms with Crippen molar-refractivity contribution < 1.29 is 4.79 Å². The van der Waals surface area contributed by atoms with Gasteiger partial charge in [0.1, 0.15) is 0 Å². The summed E-state index contributed by atoms with van der Waals surface area (Å²) >= 11 is 0. The molecular formula is C11H18N2O. The first-order valence-corrected chi connectivity index (χ1v) is 4.91. The molecule has 0 radical (unpaired) electrons. The highest BCUT2D eigenvalue weighted by Gasteiger charge is 2.04. The minimum atomic E-state index is 0.0926. The smallest absolute Gasteiger partial charge is 0.235 e. The summed E-state index contributed by atoms with van der Waals surface area (Å²) in [5.41, 5.74) is 5.10. The Hall–Kier alpha value is -1.35. The van der Waals surface area contributed by atoms with Crippen LogP contribution in [0.2, 0.25) is 0 Å². The van der Waals surface area contributed by atoms with E-state index in [0.29, 0.717) is 6.42 Å². The highest BCUT2D eigenvalue weighted by molar-refractivity contribution is 5.77. The summed E-state index contributed by atoms with van der Waals surface area (Å²) in [5.74, 6) is 0.0926. The molecule has 1 aliphatic heterocycles. The third-order valence-electron chi connectivity index (χ3n) is 1.37. The topological polar surface area (TPSA) is 41.1 Å². The van der Waals surface area contributed by atoms with E-state index in [1.807, 2.05) is 50.2 Å². The molecule has 0 aromatic heterocycles. The molecule has 0 spiro atoms. The van der Waals surface area contributed by atoms with Crippen molar-refractivity contribution in [2.75, 3.05) is 6.54 Å². The van der Waals surface area contributed by atoms with Crippen molar-refractivity contribution in [1.29, 1.82) is 0 Å². The largest absolute Gasteiger partial charge is 0.292 e. The van der Waals surface area contributed by atoms with Crippen molar-refractivity contribution in [1.82, 2.24) is 10.9 Å². The predicted molar refractivity (Wildman–Crippen MR) is 58.6 cm³/mol. The molecule has 0 bridgehead atoms. The van der Waals surface area contributed by atoms with Crippen molar-refractivity contribution in [3.63, 3.8) is 0 Å². The van der Waals surface area contributed by atoms with Crippen molar-refractivity contribution in [3.8, 4) is 0 Å². The van der Waals surface area contributed by atoms with E-state index in [1.54, 1.807) is 0 Å². The molecule has 3 heteroatoms. The summed E-state index contributed by atoms with van der Waals surface area (Å²) in [4.78, 5) is 10.1. The van der Waals surface area contributed by atoms with Crippen LogP contribution in [0.3, 0.4) is 0 Å². The molecule has 0 atom stereocenters. The second-order valence-corrected chi connectivity index (χ2v) is 2.38. The molecule has 1 heterocycles. The van der Waals surface area contributed by atoms with Crippen LogP contribution in [0.5, 0.6) is 0 Å². The molecule has 2 rings (SSSR count). The Morgan fingerprint density at radius 3 is 1.57 bits per heavy atom. The van der Waals surface area contributed by atoms with Crippen LogP contribution >= 0.6 is 0 Å². The summed E-state index contributed by atoms with van der Waals surface area (Å²) in [7, 11) is 0. The first-order valence-electron chi connectivity index (χ1n) is 4.91. The highest BCUT2D eigenvalue weighted by Crippen LogP contribution is 1.80. The Bertz CT molecular complexity index is 189. The highest BCUT2D eigenvalue weighted by atomic mass is 16.2. The number of hydrazine groups is 1. The maximum absolute atomic E-state index is 10.1. The van der Waals surface area contributed by atoms with Gasteiger partial charge in [0, 0.05) is 13.0 Å². The number of nitrogens with one attached hydrogen (secondary N) is 2. The van der Waals surface area contributed by atoms with E-state index >= 15 is 0 Å². The lowest BCUT2D eigenvalue weighted by Crippen LogP contribution is -2.25. The zero-order valence-electron chi connectivity index (χ0n) is 8.79. The molecule has 0 aliphatic carbocycles. The van der Waals surface area contributed by atoms with E-state index in [-0.39, 0.29) is 5.91 Å². The Labute approximate surface area is 85.5 Å². The van der Waals surface area contributed by atoms with Crippen LogP contribution in [-0.4, -0.2) is 12.5 Å². The zero-order chi connectivity index (χ0) is 10.6. The van der Waals surface area contributed by atoms with Crippen LogP contribution < -0.4 is 10.9 Å². The molecule has 2 N–H and O–H groups in total. The lowest BCUT2D eigenvalue weighted by atomic mass is 10.4. The normalized spacial score (nSPS) is 12.9. The predicted octanol–water partition coefficient (Wildman–Crippen LogP) is 1.72. The molecule has 3 nitrogen and oxygen atoms in total. The van der Waals surface area contributed by atoms with Gasteiger partial charge >= 0.3 is 0 Å². The minimum absolute atomic E-state index is 0.0926. The lowest BCUT2D eigenvalue weighted by Gasteiger charge is -1.83. The Morgan fingerprint density at radius 2 is 1.43 bits per heavy atom.